The molecule has 0 unspecified atom stereocenters. The van der Waals surface area contributed by atoms with Crippen molar-refractivity contribution in [2.75, 3.05) is 23.7 Å². The van der Waals surface area contributed by atoms with E-state index >= 15 is 0 Å². The third-order valence-corrected chi connectivity index (χ3v) is 4.94. The molecule has 0 saturated carbocycles. The van der Waals surface area contributed by atoms with Gasteiger partial charge in [0.05, 0.1) is 11.4 Å². The van der Waals surface area contributed by atoms with Gasteiger partial charge in [-0.15, -0.1) is 10.2 Å². The smallest absolute Gasteiger partial charge is 0.143 e. The van der Waals surface area contributed by atoms with Crippen LogP contribution >= 0.6 is 0 Å². The van der Waals surface area contributed by atoms with Gasteiger partial charge < -0.3 is 20.8 Å². The van der Waals surface area contributed by atoms with E-state index in [1.54, 1.807) is 24.3 Å². The SMILES string of the molecule is Oc1ccc(F)cc1N=Nc1ccc(NCCNc2ccc(N=Nc3cc(F)ccc3O)cc2)cc1. The molecule has 4 aromatic carbocycles. The molecule has 0 aromatic heterocycles. The predicted molar refractivity (Wildman–Crippen MR) is 134 cm³/mol. The average molecular weight is 488 g/mol. The maximum Gasteiger partial charge on any atom is 0.143 e. The normalized spacial score (nSPS) is 11.3. The number of nitrogens with zero attached hydrogens (tertiary/aromatic N) is 4. The van der Waals surface area contributed by atoms with E-state index in [0.717, 1.165) is 35.6 Å². The molecule has 0 atom stereocenters. The standard InChI is InChI=1S/C26H22F2N6O2/c27-17-1-11-25(35)23(15-17)33-31-21-7-3-19(4-8-21)29-13-14-30-20-5-9-22(10-6-20)32-34-24-16-18(28)2-12-26(24)36/h1-12,15-16,29-30,35-36H,13-14H2. The molecule has 0 heterocycles. The third kappa shape index (κ3) is 6.83. The molecule has 0 aliphatic carbocycles. The number of hydrogen-bond acceptors (Lipinski definition) is 8. The van der Waals surface area contributed by atoms with Crippen LogP contribution in [0, 0.1) is 11.6 Å². The van der Waals surface area contributed by atoms with Crippen LogP contribution in [0.15, 0.2) is 105 Å². The Morgan fingerprint density at radius 3 is 1.31 bits per heavy atom. The molecule has 0 amide bonds. The number of benzene rings is 4. The largest absolute Gasteiger partial charge is 0.506 e. The summed E-state index contributed by atoms with van der Waals surface area (Å²) in [4.78, 5) is 0. The van der Waals surface area contributed by atoms with E-state index in [4.69, 9.17) is 0 Å². The number of hydrogen-bond donors (Lipinski definition) is 4. The average Bonchev–Trinajstić information content (AvgIpc) is 2.89. The van der Waals surface area contributed by atoms with Gasteiger partial charge in [-0.1, -0.05) is 0 Å². The number of azo groups is 2. The van der Waals surface area contributed by atoms with Crippen LogP contribution in [0.2, 0.25) is 0 Å². The number of aromatic hydroxyl groups is 2. The Bertz CT molecular complexity index is 1270. The zero-order valence-corrected chi connectivity index (χ0v) is 18.9. The maximum absolute atomic E-state index is 13.3. The lowest BCUT2D eigenvalue weighted by Gasteiger charge is -2.09. The summed E-state index contributed by atoms with van der Waals surface area (Å²) in [6.07, 6.45) is 0. The van der Waals surface area contributed by atoms with Gasteiger partial charge in [0, 0.05) is 36.6 Å². The Balaban J connectivity index is 1.22. The van der Waals surface area contributed by atoms with Gasteiger partial charge in [-0.05, 0) is 72.8 Å². The monoisotopic (exact) mass is 488 g/mol. The zero-order chi connectivity index (χ0) is 25.3. The lowest BCUT2D eigenvalue weighted by Crippen LogP contribution is -2.13. The fourth-order valence-corrected chi connectivity index (χ4v) is 3.08. The molecule has 10 heteroatoms. The van der Waals surface area contributed by atoms with Crippen molar-refractivity contribution < 1.29 is 19.0 Å². The van der Waals surface area contributed by atoms with Crippen molar-refractivity contribution in [1.29, 1.82) is 0 Å². The minimum atomic E-state index is -0.501. The quantitative estimate of drug-likeness (QED) is 0.143. The molecule has 0 saturated heterocycles. The molecule has 0 aliphatic rings. The number of phenolic OH excluding ortho intramolecular Hbond substituents is 2. The summed E-state index contributed by atoms with van der Waals surface area (Å²) in [6.45, 7) is 1.30. The second-order valence-corrected chi connectivity index (χ2v) is 7.61. The highest BCUT2D eigenvalue weighted by Crippen LogP contribution is 2.30. The fraction of sp³-hybridized carbons (Fsp3) is 0.0769. The molecular formula is C26H22F2N6O2. The van der Waals surface area contributed by atoms with Crippen molar-refractivity contribution in [2.45, 2.75) is 0 Å². The van der Waals surface area contributed by atoms with Crippen molar-refractivity contribution in [2.24, 2.45) is 20.5 Å². The topological polar surface area (TPSA) is 114 Å². The first kappa shape index (κ1) is 24.3. The van der Waals surface area contributed by atoms with Crippen LogP contribution < -0.4 is 10.6 Å². The van der Waals surface area contributed by atoms with E-state index in [0.29, 0.717) is 24.5 Å². The molecule has 182 valence electrons. The van der Waals surface area contributed by atoms with Crippen molar-refractivity contribution in [3.63, 3.8) is 0 Å². The lowest BCUT2D eigenvalue weighted by molar-refractivity contribution is 0.474. The number of phenols is 2. The predicted octanol–water partition coefficient (Wildman–Crippen LogP) is 7.73. The minimum Gasteiger partial charge on any atom is -0.506 e. The number of anilines is 2. The van der Waals surface area contributed by atoms with Crippen LogP contribution in [-0.4, -0.2) is 23.3 Å². The summed E-state index contributed by atoms with van der Waals surface area (Å²) in [5.41, 5.74) is 3.02. The van der Waals surface area contributed by atoms with E-state index in [9.17, 15) is 19.0 Å². The molecule has 0 bridgehead atoms. The number of nitrogens with one attached hydrogen (secondary N) is 2. The van der Waals surface area contributed by atoms with Crippen LogP contribution in [0.5, 0.6) is 11.5 Å². The summed E-state index contributed by atoms with van der Waals surface area (Å²) in [7, 11) is 0. The van der Waals surface area contributed by atoms with Gasteiger partial charge >= 0.3 is 0 Å². The second kappa shape index (κ2) is 11.5. The Labute approximate surface area is 205 Å². The van der Waals surface area contributed by atoms with Crippen LogP contribution in [0.1, 0.15) is 0 Å². The van der Waals surface area contributed by atoms with E-state index in [1.807, 2.05) is 24.3 Å². The first-order valence-electron chi connectivity index (χ1n) is 10.9. The van der Waals surface area contributed by atoms with Gasteiger partial charge in [-0.3, -0.25) is 0 Å². The molecule has 0 aliphatic heterocycles. The number of halogens is 2. The Kier molecular flexibility index (Phi) is 7.76. The Morgan fingerprint density at radius 2 is 0.917 bits per heavy atom. The van der Waals surface area contributed by atoms with Gasteiger partial charge in [0.25, 0.3) is 0 Å². The van der Waals surface area contributed by atoms with E-state index in [1.165, 1.54) is 12.1 Å². The van der Waals surface area contributed by atoms with Gasteiger partial charge in [-0.2, -0.15) is 10.2 Å². The fourth-order valence-electron chi connectivity index (χ4n) is 3.08. The van der Waals surface area contributed by atoms with Gasteiger partial charge in [0.1, 0.15) is 34.5 Å². The molecule has 36 heavy (non-hydrogen) atoms. The first-order valence-corrected chi connectivity index (χ1v) is 10.9. The van der Waals surface area contributed by atoms with Crippen molar-refractivity contribution in [1.82, 2.24) is 0 Å². The highest BCUT2D eigenvalue weighted by molar-refractivity contribution is 5.55. The molecule has 0 spiro atoms. The molecule has 8 nitrogen and oxygen atoms in total. The van der Waals surface area contributed by atoms with E-state index in [-0.39, 0.29) is 22.9 Å². The minimum absolute atomic E-state index is 0.0604. The summed E-state index contributed by atoms with van der Waals surface area (Å²) in [5.74, 6) is -1.29. The van der Waals surface area contributed by atoms with Crippen LogP contribution in [0.4, 0.5) is 42.9 Å². The lowest BCUT2D eigenvalue weighted by atomic mass is 10.2. The van der Waals surface area contributed by atoms with Crippen LogP contribution in [-0.2, 0) is 0 Å². The molecule has 0 radical (unpaired) electrons. The summed E-state index contributed by atoms with van der Waals surface area (Å²) >= 11 is 0. The highest BCUT2D eigenvalue weighted by atomic mass is 19.1. The van der Waals surface area contributed by atoms with Crippen molar-refractivity contribution in [3.05, 3.63) is 96.6 Å². The second-order valence-electron chi connectivity index (χ2n) is 7.61. The summed E-state index contributed by atoms with van der Waals surface area (Å²) in [5, 5.41) is 41.7. The molecule has 0 fully saturated rings. The Hall–Kier alpha value is -4.86. The Morgan fingerprint density at radius 1 is 0.528 bits per heavy atom. The zero-order valence-electron chi connectivity index (χ0n) is 18.9. The van der Waals surface area contributed by atoms with Crippen LogP contribution in [0.3, 0.4) is 0 Å². The molecular weight excluding hydrogens is 466 g/mol. The van der Waals surface area contributed by atoms with Gasteiger partial charge in [0.2, 0.25) is 0 Å². The van der Waals surface area contributed by atoms with Crippen molar-refractivity contribution >= 4 is 34.1 Å². The first-order chi connectivity index (χ1) is 17.5. The number of rotatable bonds is 9. The van der Waals surface area contributed by atoms with Gasteiger partial charge in [0.15, 0.2) is 0 Å². The maximum atomic E-state index is 13.3. The van der Waals surface area contributed by atoms with E-state index in [2.05, 4.69) is 31.1 Å². The summed E-state index contributed by atoms with van der Waals surface area (Å²) < 4.78 is 26.5. The van der Waals surface area contributed by atoms with Crippen molar-refractivity contribution in [3.8, 4) is 11.5 Å². The van der Waals surface area contributed by atoms with E-state index < -0.39 is 11.6 Å². The summed E-state index contributed by atoms with van der Waals surface area (Å²) in [6, 6.07) is 21.4. The molecule has 4 rings (SSSR count). The van der Waals surface area contributed by atoms with Crippen LogP contribution in [0.25, 0.3) is 0 Å². The van der Waals surface area contributed by atoms with Gasteiger partial charge in [-0.25, -0.2) is 8.78 Å². The highest BCUT2D eigenvalue weighted by Gasteiger charge is 2.03. The molecule has 4 N–H and O–H groups in total. The molecule has 4 aromatic rings. The third-order valence-electron chi connectivity index (χ3n) is 4.94.